The fourth-order valence-corrected chi connectivity index (χ4v) is 6.86. The molecule has 1 heterocycles. The third-order valence-electron chi connectivity index (χ3n) is 6.49. The minimum atomic E-state index is -3.94. The summed E-state index contributed by atoms with van der Waals surface area (Å²) in [6, 6.07) is 6.26. The van der Waals surface area contributed by atoms with E-state index in [1.807, 2.05) is 6.92 Å². The zero-order valence-corrected chi connectivity index (χ0v) is 19.2. The maximum absolute atomic E-state index is 13.9. The largest absolute Gasteiger partial charge is 0.458 e. The van der Waals surface area contributed by atoms with E-state index in [-0.39, 0.29) is 10.3 Å². The van der Waals surface area contributed by atoms with Crippen LogP contribution in [0.2, 0.25) is 0 Å². The van der Waals surface area contributed by atoms with E-state index in [1.165, 1.54) is 12.1 Å². The van der Waals surface area contributed by atoms with Gasteiger partial charge in [-0.1, -0.05) is 13.2 Å². The zero-order valence-electron chi connectivity index (χ0n) is 18.4. The highest BCUT2D eigenvalue weighted by Crippen LogP contribution is 2.54. The molecule has 168 valence electrons. The number of hydrogen-bond donors (Lipinski definition) is 2. The first kappa shape index (κ1) is 23.3. The summed E-state index contributed by atoms with van der Waals surface area (Å²) in [4.78, 5) is 13.4. The Balaban J connectivity index is 1.97. The Kier molecular flexibility index (Phi) is 6.76. The lowest BCUT2D eigenvalue weighted by atomic mass is 9.77. The first-order valence-corrected chi connectivity index (χ1v) is 12.2. The van der Waals surface area contributed by atoms with Crippen LogP contribution in [0.3, 0.4) is 0 Å². The molecule has 3 rings (SSSR count). The lowest BCUT2D eigenvalue weighted by Crippen LogP contribution is -2.51. The average molecular weight is 445 g/mol. The van der Waals surface area contributed by atoms with E-state index in [0.717, 1.165) is 32.4 Å². The van der Waals surface area contributed by atoms with Crippen molar-refractivity contribution >= 4 is 15.7 Å². The van der Waals surface area contributed by atoms with E-state index in [9.17, 15) is 13.2 Å². The highest BCUT2D eigenvalue weighted by molar-refractivity contribution is 7.93. The maximum Gasteiger partial charge on any atom is 0.245 e. The van der Waals surface area contributed by atoms with Gasteiger partial charge in [0.2, 0.25) is 5.91 Å². The Bertz CT molecular complexity index is 989. The molecule has 2 N–H and O–H groups in total. The van der Waals surface area contributed by atoms with Gasteiger partial charge in [0.1, 0.15) is 11.5 Å². The van der Waals surface area contributed by atoms with Crippen LogP contribution >= 0.6 is 0 Å². The van der Waals surface area contributed by atoms with E-state index < -0.39 is 20.5 Å². The van der Waals surface area contributed by atoms with Crippen LogP contribution in [0, 0.1) is 5.41 Å². The predicted octanol–water partition coefficient (Wildman–Crippen LogP) is 3.87. The van der Waals surface area contributed by atoms with Gasteiger partial charge in [0.05, 0.1) is 4.90 Å². The molecule has 1 spiro atoms. The Morgan fingerprint density at radius 3 is 2.35 bits per heavy atom. The number of rotatable bonds is 7. The fourth-order valence-electron chi connectivity index (χ4n) is 4.75. The van der Waals surface area contributed by atoms with Gasteiger partial charge in [-0.05, 0) is 101 Å². The molecule has 0 bridgehead atoms. The van der Waals surface area contributed by atoms with Crippen molar-refractivity contribution in [3.63, 3.8) is 0 Å². The van der Waals surface area contributed by atoms with Crippen molar-refractivity contribution < 1.29 is 17.9 Å². The van der Waals surface area contributed by atoms with Crippen LogP contribution in [0.25, 0.3) is 0 Å². The van der Waals surface area contributed by atoms with Crippen molar-refractivity contribution in [2.45, 2.75) is 55.6 Å². The molecule has 1 saturated carbocycles. The Morgan fingerprint density at radius 2 is 1.81 bits per heavy atom. The molecule has 1 atom stereocenters. The molecular weight excluding hydrogens is 412 g/mol. The molecule has 1 aliphatic heterocycles. The molecule has 1 amide bonds. The van der Waals surface area contributed by atoms with Crippen LogP contribution in [0.5, 0.6) is 5.75 Å². The lowest BCUT2D eigenvalue weighted by Gasteiger charge is -2.36. The molecule has 1 unspecified atom stereocenters. The summed E-state index contributed by atoms with van der Waals surface area (Å²) in [7, 11) is -3.94. The highest BCUT2D eigenvalue weighted by Gasteiger charge is 2.60. The smallest absolute Gasteiger partial charge is 0.245 e. The summed E-state index contributed by atoms with van der Waals surface area (Å²) in [5, 5.41) is 6.04. The number of carbonyl (C=O) groups excluding carboxylic acids is 1. The average Bonchev–Trinajstić information content (AvgIpc) is 3.13. The molecule has 0 radical (unpaired) electrons. The summed E-state index contributed by atoms with van der Waals surface area (Å²) in [5.41, 5.74) is 0.316. The van der Waals surface area contributed by atoms with E-state index in [2.05, 4.69) is 23.8 Å². The van der Waals surface area contributed by atoms with E-state index >= 15 is 0 Å². The van der Waals surface area contributed by atoms with E-state index in [1.54, 1.807) is 31.2 Å². The fraction of sp³-hybridized carbons (Fsp3) is 0.458. The first-order chi connectivity index (χ1) is 14.7. The van der Waals surface area contributed by atoms with Crippen molar-refractivity contribution in [1.82, 2.24) is 10.6 Å². The molecule has 1 aromatic carbocycles. The third-order valence-corrected chi connectivity index (χ3v) is 8.95. The monoisotopic (exact) mass is 444 g/mol. The van der Waals surface area contributed by atoms with Gasteiger partial charge in [0.15, 0.2) is 14.6 Å². The van der Waals surface area contributed by atoms with Gasteiger partial charge < -0.3 is 15.4 Å². The summed E-state index contributed by atoms with van der Waals surface area (Å²) >= 11 is 0. The predicted molar refractivity (Wildman–Crippen MR) is 122 cm³/mol. The minimum Gasteiger partial charge on any atom is -0.458 e. The summed E-state index contributed by atoms with van der Waals surface area (Å²) in [5.74, 6) is 0.615. The molecule has 6 nitrogen and oxygen atoms in total. The number of allylic oxidation sites excluding steroid dienone is 3. The zero-order chi connectivity index (χ0) is 22.7. The topological polar surface area (TPSA) is 84.5 Å². The lowest BCUT2D eigenvalue weighted by molar-refractivity contribution is -0.123. The normalized spacial score (nSPS) is 23.4. The second-order valence-electron chi connectivity index (χ2n) is 8.63. The number of piperidine rings is 1. The van der Waals surface area contributed by atoms with Gasteiger partial charge in [-0.2, -0.15) is 0 Å². The standard InChI is InChI=1S/C24H32N2O4S/c1-5-19(6-2)30-20-7-9-21(10-8-20)31(28,29)24(22(27)26-18(3)4)12-11-23(17-24)13-15-25-16-14-23/h5-10,25H,1,3,11-17H2,2,4H3,(H,26,27). The number of ether oxygens (including phenoxy) is 1. The molecule has 2 aliphatic rings. The number of carbonyl (C=O) groups is 1. The molecular formula is C24H32N2O4S. The molecule has 7 heteroatoms. The second kappa shape index (κ2) is 9.01. The summed E-state index contributed by atoms with van der Waals surface area (Å²) in [6.45, 7) is 12.6. The molecule has 1 aliphatic carbocycles. The van der Waals surface area contributed by atoms with Gasteiger partial charge in [-0.3, -0.25) is 4.79 Å². The van der Waals surface area contributed by atoms with Gasteiger partial charge in [-0.25, -0.2) is 8.42 Å². The number of amides is 1. The minimum absolute atomic E-state index is 0.126. The van der Waals surface area contributed by atoms with Crippen molar-refractivity contribution in [2.75, 3.05) is 13.1 Å². The summed E-state index contributed by atoms with van der Waals surface area (Å²) < 4.78 is 31.9. The van der Waals surface area contributed by atoms with Crippen LogP contribution in [-0.2, 0) is 14.6 Å². The Morgan fingerprint density at radius 1 is 1.16 bits per heavy atom. The Labute approximate surface area is 185 Å². The molecule has 1 saturated heterocycles. The SMILES string of the molecule is C=CC(=CC)Oc1ccc(S(=O)(=O)C2(C(=O)NC(=C)C)CCC3(CCNCC3)C2)cc1. The van der Waals surface area contributed by atoms with Crippen LogP contribution in [0.15, 0.2) is 65.9 Å². The van der Waals surface area contributed by atoms with Gasteiger partial charge in [0, 0.05) is 5.70 Å². The van der Waals surface area contributed by atoms with Crippen LogP contribution in [-0.4, -0.2) is 32.2 Å². The number of hydrogen-bond acceptors (Lipinski definition) is 5. The molecule has 31 heavy (non-hydrogen) atoms. The van der Waals surface area contributed by atoms with Crippen molar-refractivity contribution in [3.8, 4) is 5.75 Å². The van der Waals surface area contributed by atoms with Crippen LogP contribution < -0.4 is 15.4 Å². The first-order valence-electron chi connectivity index (χ1n) is 10.7. The van der Waals surface area contributed by atoms with Gasteiger partial charge in [0.25, 0.3) is 0 Å². The Hall–Kier alpha value is -2.38. The van der Waals surface area contributed by atoms with Gasteiger partial charge >= 0.3 is 0 Å². The van der Waals surface area contributed by atoms with Crippen LogP contribution in [0.4, 0.5) is 0 Å². The van der Waals surface area contributed by atoms with Crippen molar-refractivity contribution in [1.29, 1.82) is 0 Å². The van der Waals surface area contributed by atoms with E-state index in [0.29, 0.717) is 30.0 Å². The number of benzene rings is 1. The number of nitrogens with one attached hydrogen (secondary N) is 2. The second-order valence-corrected chi connectivity index (χ2v) is 10.9. The third kappa shape index (κ3) is 4.48. The van der Waals surface area contributed by atoms with Crippen molar-refractivity contribution in [3.05, 3.63) is 61.0 Å². The van der Waals surface area contributed by atoms with Crippen LogP contribution in [0.1, 0.15) is 46.0 Å². The molecule has 1 aromatic rings. The molecule has 2 fully saturated rings. The number of sulfone groups is 1. The summed E-state index contributed by atoms with van der Waals surface area (Å²) in [6.07, 6.45) is 6.48. The van der Waals surface area contributed by atoms with E-state index in [4.69, 9.17) is 4.74 Å². The highest BCUT2D eigenvalue weighted by atomic mass is 32.2. The van der Waals surface area contributed by atoms with Crippen molar-refractivity contribution in [2.24, 2.45) is 5.41 Å². The maximum atomic E-state index is 13.9. The molecule has 0 aromatic heterocycles. The van der Waals surface area contributed by atoms with Gasteiger partial charge in [-0.15, -0.1) is 0 Å². The quantitative estimate of drug-likeness (QED) is 0.493.